The minimum Gasteiger partial charge on any atom is -0.378 e. The van der Waals surface area contributed by atoms with E-state index in [0.717, 1.165) is 10.9 Å². The second-order valence-electron chi connectivity index (χ2n) is 7.07. The highest BCUT2D eigenvalue weighted by Gasteiger charge is 2.31. The number of hydrogen-bond donors (Lipinski definition) is 0. The van der Waals surface area contributed by atoms with Gasteiger partial charge in [-0.05, 0) is 0 Å². The minimum absolute atomic E-state index is 0.0631. The largest absolute Gasteiger partial charge is 0.378 e. The van der Waals surface area contributed by atoms with Crippen LogP contribution in [0.25, 0.3) is 0 Å². The Morgan fingerprint density at radius 2 is 2.04 bits per heavy atom. The highest BCUT2D eigenvalue weighted by atomic mass is 32.2. The summed E-state index contributed by atoms with van der Waals surface area (Å²) < 4.78 is 6.94. The molecule has 0 bridgehead atoms. The molecule has 0 saturated carbocycles. The van der Waals surface area contributed by atoms with Gasteiger partial charge in [-0.3, -0.25) is 14.2 Å². The molecule has 1 atom stereocenters. The van der Waals surface area contributed by atoms with E-state index in [1.54, 1.807) is 10.6 Å². The molecule has 1 aromatic heterocycles. The van der Waals surface area contributed by atoms with Crippen LogP contribution in [0.15, 0.2) is 16.0 Å². The first-order chi connectivity index (χ1) is 10.9. The normalized spacial score (nSPS) is 21.9. The maximum Gasteiger partial charge on any atom is 0.254 e. The smallest absolute Gasteiger partial charge is 0.254 e. The summed E-state index contributed by atoms with van der Waals surface area (Å²) in [7, 11) is 0. The molecule has 3 rings (SSSR count). The number of carbonyl (C=O) groups is 1. The SMILES string of the molecule is CC(C)(C)c1cc(=O)n2c(n1)SCC(C(=O)N1CCOCC1)C2. The number of aromatic nitrogens is 2. The summed E-state index contributed by atoms with van der Waals surface area (Å²) in [5.74, 6) is 0.639. The Kier molecular flexibility index (Phi) is 4.51. The molecule has 3 heterocycles. The Bertz CT molecular complexity index is 660. The van der Waals surface area contributed by atoms with Gasteiger partial charge < -0.3 is 9.64 Å². The molecule has 1 fully saturated rings. The number of thioether (sulfide) groups is 1. The lowest BCUT2D eigenvalue weighted by molar-refractivity contribution is -0.139. The van der Waals surface area contributed by atoms with E-state index < -0.39 is 0 Å². The molecule has 0 radical (unpaired) electrons. The second kappa shape index (κ2) is 6.28. The van der Waals surface area contributed by atoms with Crippen molar-refractivity contribution < 1.29 is 9.53 Å². The summed E-state index contributed by atoms with van der Waals surface area (Å²) in [5, 5.41) is 0.730. The van der Waals surface area contributed by atoms with Gasteiger partial charge >= 0.3 is 0 Å². The molecular formula is C16H23N3O3S. The lowest BCUT2D eigenvalue weighted by atomic mass is 9.92. The maximum atomic E-state index is 12.6. The lowest BCUT2D eigenvalue weighted by Crippen LogP contribution is -2.47. The first-order valence-corrected chi connectivity index (χ1v) is 8.96. The van der Waals surface area contributed by atoms with Gasteiger partial charge in [-0.2, -0.15) is 0 Å². The van der Waals surface area contributed by atoms with Crippen molar-refractivity contribution in [3.63, 3.8) is 0 Å². The minimum atomic E-state index is -0.161. The van der Waals surface area contributed by atoms with Gasteiger partial charge in [-0.15, -0.1) is 0 Å². The Hall–Kier alpha value is -1.34. The van der Waals surface area contributed by atoms with Crippen molar-refractivity contribution >= 4 is 17.7 Å². The zero-order chi connectivity index (χ0) is 16.6. The summed E-state index contributed by atoms with van der Waals surface area (Å²) >= 11 is 1.51. The Morgan fingerprint density at radius 3 is 2.70 bits per heavy atom. The first-order valence-electron chi connectivity index (χ1n) is 7.98. The van der Waals surface area contributed by atoms with Crippen LogP contribution in [0.1, 0.15) is 26.5 Å². The summed E-state index contributed by atoms with van der Waals surface area (Å²) in [6, 6.07) is 1.60. The van der Waals surface area contributed by atoms with Crippen molar-refractivity contribution in [1.29, 1.82) is 0 Å². The molecule has 7 heteroatoms. The zero-order valence-electron chi connectivity index (χ0n) is 13.9. The van der Waals surface area contributed by atoms with Crippen molar-refractivity contribution in [2.24, 2.45) is 5.92 Å². The molecule has 0 aliphatic carbocycles. The highest BCUT2D eigenvalue weighted by molar-refractivity contribution is 7.99. The Labute approximate surface area is 140 Å². The molecule has 1 amide bonds. The molecule has 1 saturated heterocycles. The fourth-order valence-corrected chi connectivity index (χ4v) is 3.87. The zero-order valence-corrected chi connectivity index (χ0v) is 14.7. The van der Waals surface area contributed by atoms with Crippen LogP contribution < -0.4 is 5.56 Å². The van der Waals surface area contributed by atoms with Crippen LogP contribution in [0.2, 0.25) is 0 Å². The Balaban J connectivity index is 1.81. The lowest BCUT2D eigenvalue weighted by Gasteiger charge is -2.32. The van der Waals surface area contributed by atoms with Crippen molar-refractivity contribution in [2.45, 2.75) is 37.9 Å². The van der Waals surface area contributed by atoms with Gasteiger partial charge in [0.15, 0.2) is 5.16 Å². The van der Waals surface area contributed by atoms with Crippen LogP contribution in [0.4, 0.5) is 0 Å². The van der Waals surface area contributed by atoms with Gasteiger partial charge in [0.05, 0.1) is 24.8 Å². The van der Waals surface area contributed by atoms with E-state index in [2.05, 4.69) is 4.98 Å². The van der Waals surface area contributed by atoms with E-state index in [4.69, 9.17) is 4.74 Å². The van der Waals surface area contributed by atoms with Crippen LogP contribution in [0.5, 0.6) is 0 Å². The van der Waals surface area contributed by atoms with Crippen LogP contribution in [0, 0.1) is 5.92 Å². The average Bonchev–Trinajstić information content (AvgIpc) is 2.54. The van der Waals surface area contributed by atoms with E-state index in [1.807, 2.05) is 25.7 Å². The molecule has 23 heavy (non-hydrogen) atoms. The molecular weight excluding hydrogens is 314 g/mol. The van der Waals surface area contributed by atoms with Crippen molar-refractivity contribution in [1.82, 2.24) is 14.5 Å². The van der Waals surface area contributed by atoms with Gasteiger partial charge in [-0.25, -0.2) is 4.98 Å². The summed E-state index contributed by atoms with van der Waals surface area (Å²) in [5.41, 5.74) is 0.585. The summed E-state index contributed by atoms with van der Waals surface area (Å²) in [6.07, 6.45) is 0. The quantitative estimate of drug-likeness (QED) is 0.719. The number of morpholine rings is 1. The molecule has 2 aliphatic heterocycles. The second-order valence-corrected chi connectivity index (χ2v) is 8.06. The fourth-order valence-electron chi connectivity index (χ4n) is 2.79. The number of ether oxygens (including phenoxy) is 1. The third kappa shape index (κ3) is 3.45. The summed E-state index contributed by atoms with van der Waals surface area (Å²) in [6.45, 7) is 9.04. The predicted octanol–water partition coefficient (Wildman–Crippen LogP) is 1.12. The first kappa shape index (κ1) is 16.5. The van der Waals surface area contributed by atoms with E-state index in [1.165, 1.54) is 11.8 Å². The van der Waals surface area contributed by atoms with Crippen LogP contribution in [-0.4, -0.2) is 52.4 Å². The Morgan fingerprint density at radius 1 is 1.35 bits per heavy atom. The molecule has 1 unspecified atom stereocenters. The number of carbonyl (C=O) groups excluding carboxylic acids is 1. The van der Waals surface area contributed by atoms with Gasteiger partial charge in [0.1, 0.15) is 0 Å². The van der Waals surface area contributed by atoms with Crippen molar-refractivity contribution in [3.05, 3.63) is 22.1 Å². The van der Waals surface area contributed by atoms with Gasteiger partial charge in [-0.1, -0.05) is 32.5 Å². The van der Waals surface area contributed by atoms with Crippen LogP contribution in [-0.2, 0) is 21.5 Å². The molecule has 6 nitrogen and oxygen atoms in total. The molecule has 1 aromatic rings. The maximum absolute atomic E-state index is 12.6. The van der Waals surface area contributed by atoms with E-state index in [0.29, 0.717) is 38.6 Å². The number of amides is 1. The van der Waals surface area contributed by atoms with Crippen LogP contribution in [0.3, 0.4) is 0 Å². The van der Waals surface area contributed by atoms with E-state index in [9.17, 15) is 9.59 Å². The molecule has 126 valence electrons. The topological polar surface area (TPSA) is 64.4 Å². The highest BCUT2D eigenvalue weighted by Crippen LogP contribution is 2.28. The standard InChI is InChI=1S/C16H23N3O3S/c1-16(2,3)12-8-13(20)19-9-11(10-23-15(19)17-12)14(21)18-4-6-22-7-5-18/h8,11H,4-7,9-10H2,1-3H3. The molecule has 0 aromatic carbocycles. The number of nitrogens with zero attached hydrogens (tertiary/aromatic N) is 3. The van der Waals surface area contributed by atoms with Crippen LogP contribution >= 0.6 is 11.8 Å². The summed E-state index contributed by atoms with van der Waals surface area (Å²) in [4.78, 5) is 31.5. The molecule has 0 spiro atoms. The monoisotopic (exact) mass is 337 g/mol. The number of fused-ring (bicyclic) bond motifs is 1. The molecule has 0 N–H and O–H groups in total. The number of hydrogen-bond acceptors (Lipinski definition) is 5. The fraction of sp³-hybridized carbons (Fsp3) is 0.688. The number of rotatable bonds is 1. The average molecular weight is 337 g/mol. The van der Waals surface area contributed by atoms with E-state index >= 15 is 0 Å². The van der Waals surface area contributed by atoms with Gasteiger partial charge in [0, 0.05) is 36.9 Å². The van der Waals surface area contributed by atoms with Crippen molar-refractivity contribution in [2.75, 3.05) is 32.1 Å². The van der Waals surface area contributed by atoms with Crippen molar-refractivity contribution in [3.8, 4) is 0 Å². The van der Waals surface area contributed by atoms with Gasteiger partial charge in [0.25, 0.3) is 5.56 Å². The third-order valence-electron chi connectivity index (χ3n) is 4.23. The third-order valence-corrected chi connectivity index (χ3v) is 5.37. The molecule has 2 aliphatic rings. The van der Waals surface area contributed by atoms with Gasteiger partial charge in [0.2, 0.25) is 5.91 Å². The van der Waals surface area contributed by atoms with E-state index in [-0.39, 0.29) is 22.8 Å². The predicted molar refractivity (Wildman–Crippen MR) is 88.8 cm³/mol.